The third kappa shape index (κ3) is 11.9. The van der Waals surface area contributed by atoms with Crippen LogP contribution in [0.3, 0.4) is 0 Å². The highest BCUT2D eigenvalue weighted by atomic mass is 16.3. The Labute approximate surface area is 291 Å². The van der Waals surface area contributed by atoms with Gasteiger partial charge in [0.25, 0.3) is 0 Å². The van der Waals surface area contributed by atoms with Gasteiger partial charge in [0.1, 0.15) is 5.75 Å². The van der Waals surface area contributed by atoms with Gasteiger partial charge in [-0.2, -0.15) is 0 Å². The summed E-state index contributed by atoms with van der Waals surface area (Å²) in [5.41, 5.74) is 7.96. The van der Waals surface area contributed by atoms with Crippen molar-refractivity contribution in [2.24, 2.45) is 0 Å². The highest BCUT2D eigenvalue weighted by Gasteiger charge is 2.29. The minimum absolute atomic E-state index is 0.0993. The molecule has 2 nitrogen and oxygen atoms in total. The van der Waals surface area contributed by atoms with E-state index in [0.717, 1.165) is 86.5 Å². The predicted molar refractivity (Wildman–Crippen MR) is 208 cm³/mol. The van der Waals surface area contributed by atoms with E-state index < -0.39 is 0 Å². The van der Waals surface area contributed by atoms with Crippen molar-refractivity contribution >= 4 is 11.9 Å². The van der Waals surface area contributed by atoms with E-state index in [-0.39, 0.29) is 23.5 Å². The van der Waals surface area contributed by atoms with Crippen LogP contribution in [-0.2, 0) is 0 Å². The molecule has 1 N–H and O–H groups in total. The van der Waals surface area contributed by atoms with Crippen LogP contribution in [0.2, 0.25) is 0 Å². The van der Waals surface area contributed by atoms with E-state index in [1.807, 2.05) is 12.1 Å². The smallest absolute Gasteiger partial charge is 0.186 e. The number of allylic oxidation sites excluding steroid dienone is 1. The van der Waals surface area contributed by atoms with Crippen LogP contribution in [0.1, 0.15) is 239 Å². The molecule has 0 heterocycles. The van der Waals surface area contributed by atoms with Gasteiger partial charge in [0, 0.05) is 11.1 Å². The third-order valence-electron chi connectivity index (χ3n) is 10.8. The molecule has 2 aromatic carbocycles. The molecule has 0 aromatic heterocycles. The number of carbonyl (C=O) groups is 1. The third-order valence-corrected chi connectivity index (χ3v) is 10.8. The quantitative estimate of drug-likeness (QED) is 0.0965. The number of hydrogen-bond donors (Lipinski definition) is 1. The second-order valence-electron chi connectivity index (χ2n) is 15.0. The maximum atomic E-state index is 14.8. The molecule has 0 aliphatic heterocycles. The van der Waals surface area contributed by atoms with E-state index in [1.165, 1.54) is 48.8 Å². The van der Waals surface area contributed by atoms with Crippen molar-refractivity contribution in [3.63, 3.8) is 0 Å². The molecule has 0 saturated carbocycles. The fourth-order valence-corrected chi connectivity index (χ4v) is 7.48. The molecule has 0 saturated heterocycles. The summed E-state index contributed by atoms with van der Waals surface area (Å²) >= 11 is 0. The number of unbranched alkanes of at least 4 members (excludes halogenated alkanes) is 5. The monoisotopic (exact) mass is 645 g/mol. The fraction of sp³-hybridized carbons (Fsp3) is 0.667. The molecule has 5 atom stereocenters. The summed E-state index contributed by atoms with van der Waals surface area (Å²) < 4.78 is 0. The average Bonchev–Trinajstić information content (AvgIpc) is 3.07. The molecule has 2 rings (SSSR count). The summed E-state index contributed by atoms with van der Waals surface area (Å²) in [6.07, 6.45) is 21.0. The summed E-state index contributed by atoms with van der Waals surface area (Å²) in [4.78, 5) is 14.8. The minimum Gasteiger partial charge on any atom is -0.508 e. The van der Waals surface area contributed by atoms with Gasteiger partial charge in [0.05, 0.1) is 0 Å². The van der Waals surface area contributed by atoms with E-state index in [9.17, 15) is 9.90 Å². The van der Waals surface area contributed by atoms with Crippen molar-refractivity contribution in [1.29, 1.82) is 0 Å². The van der Waals surface area contributed by atoms with Crippen molar-refractivity contribution in [1.82, 2.24) is 0 Å². The predicted octanol–water partition coefficient (Wildman–Crippen LogP) is 14.8. The Morgan fingerprint density at radius 1 is 0.596 bits per heavy atom. The Bertz CT molecular complexity index is 1240. The van der Waals surface area contributed by atoms with Crippen molar-refractivity contribution in [3.05, 3.63) is 69.3 Å². The normalized spacial score (nSPS) is 15.1. The molecule has 0 aliphatic rings. The lowest BCUT2D eigenvalue weighted by Gasteiger charge is -2.28. The van der Waals surface area contributed by atoms with Crippen molar-refractivity contribution < 1.29 is 9.90 Å². The Morgan fingerprint density at radius 3 is 1.55 bits per heavy atom. The molecule has 264 valence electrons. The van der Waals surface area contributed by atoms with E-state index in [1.54, 1.807) is 0 Å². The van der Waals surface area contributed by atoms with Gasteiger partial charge < -0.3 is 5.11 Å². The standard InChI is InChI=1S/C45H72O2/c1-11-16-21-32(6)37-26-28-39(33(7)22-17-12-2)38(30-37)27-29-41(46)45-40(34(8)23-18-13-3)31-42(47)43(35(9)24-19-14-4)44(45)36(10)25-20-15-5/h26-36,47H,11-25H2,1-10H3/b29-27-. The van der Waals surface area contributed by atoms with E-state index in [0.29, 0.717) is 17.6 Å². The van der Waals surface area contributed by atoms with Gasteiger partial charge in [-0.05, 0) is 102 Å². The fourth-order valence-electron chi connectivity index (χ4n) is 7.48. The first-order valence-electron chi connectivity index (χ1n) is 19.8. The van der Waals surface area contributed by atoms with E-state index >= 15 is 0 Å². The zero-order valence-corrected chi connectivity index (χ0v) is 32.3. The van der Waals surface area contributed by atoms with E-state index in [4.69, 9.17) is 0 Å². The average molecular weight is 645 g/mol. The molecule has 0 bridgehead atoms. The maximum Gasteiger partial charge on any atom is 0.186 e. The lowest BCUT2D eigenvalue weighted by Crippen LogP contribution is -2.15. The van der Waals surface area contributed by atoms with Crippen LogP contribution >= 0.6 is 0 Å². The van der Waals surface area contributed by atoms with Gasteiger partial charge in [-0.3, -0.25) is 4.79 Å². The maximum absolute atomic E-state index is 14.8. The SMILES string of the molecule is CCCCC(C)c1ccc(C(C)CCCC)c(/C=C\C(=O)c2c(C(C)CCCC)cc(O)c(C(C)CCCC)c2C(C)CCCC)c1. The summed E-state index contributed by atoms with van der Waals surface area (Å²) in [5, 5.41) is 11.7. The van der Waals surface area contributed by atoms with Crippen molar-refractivity contribution in [2.45, 2.75) is 195 Å². The number of phenolic OH excluding ortho intramolecular Hbond substituents is 1. The van der Waals surface area contributed by atoms with Gasteiger partial charge in [-0.1, -0.05) is 158 Å². The molecule has 0 fully saturated rings. The zero-order chi connectivity index (χ0) is 34.9. The van der Waals surface area contributed by atoms with Gasteiger partial charge in [-0.15, -0.1) is 0 Å². The summed E-state index contributed by atoms with van der Waals surface area (Å²) in [6.45, 7) is 22.7. The van der Waals surface area contributed by atoms with Gasteiger partial charge in [-0.25, -0.2) is 0 Å². The number of rotatable bonds is 23. The van der Waals surface area contributed by atoms with Gasteiger partial charge in [0.15, 0.2) is 5.78 Å². The summed E-state index contributed by atoms with van der Waals surface area (Å²) in [7, 11) is 0. The van der Waals surface area contributed by atoms with Crippen LogP contribution in [0.5, 0.6) is 5.75 Å². The molecular weight excluding hydrogens is 572 g/mol. The molecular formula is C45H72O2. The number of aromatic hydroxyl groups is 1. The largest absolute Gasteiger partial charge is 0.508 e. The molecule has 2 heteroatoms. The summed E-state index contributed by atoms with van der Waals surface area (Å²) in [6, 6.07) is 9.02. The highest BCUT2D eigenvalue weighted by molar-refractivity contribution is 6.09. The zero-order valence-electron chi connectivity index (χ0n) is 32.3. The van der Waals surface area contributed by atoms with Crippen LogP contribution in [0.4, 0.5) is 0 Å². The topological polar surface area (TPSA) is 37.3 Å². The molecule has 47 heavy (non-hydrogen) atoms. The Kier molecular flexibility index (Phi) is 18.7. The molecule has 5 unspecified atom stereocenters. The Balaban J connectivity index is 2.81. The van der Waals surface area contributed by atoms with Crippen LogP contribution in [-0.4, -0.2) is 10.9 Å². The molecule has 0 spiro atoms. The van der Waals surface area contributed by atoms with E-state index in [2.05, 4.69) is 93.5 Å². The van der Waals surface area contributed by atoms with Crippen LogP contribution in [0.15, 0.2) is 30.3 Å². The summed E-state index contributed by atoms with van der Waals surface area (Å²) in [5.74, 6) is 2.05. The van der Waals surface area contributed by atoms with Gasteiger partial charge >= 0.3 is 0 Å². The minimum atomic E-state index is 0.0993. The first-order valence-corrected chi connectivity index (χ1v) is 19.8. The lowest BCUT2D eigenvalue weighted by molar-refractivity contribution is 0.104. The lowest BCUT2D eigenvalue weighted by atomic mass is 9.76. The molecule has 0 radical (unpaired) electrons. The van der Waals surface area contributed by atoms with Crippen LogP contribution in [0, 0.1) is 0 Å². The molecule has 0 aliphatic carbocycles. The molecule has 0 amide bonds. The number of ketones is 1. The van der Waals surface area contributed by atoms with Crippen molar-refractivity contribution in [2.75, 3.05) is 0 Å². The Morgan fingerprint density at radius 2 is 1.04 bits per heavy atom. The van der Waals surface area contributed by atoms with Crippen LogP contribution < -0.4 is 0 Å². The first kappa shape index (κ1) is 40.8. The Hall–Kier alpha value is -2.35. The number of phenols is 1. The first-order chi connectivity index (χ1) is 22.6. The molecule has 2 aromatic rings. The number of carbonyl (C=O) groups excluding carboxylic acids is 1. The number of hydrogen-bond acceptors (Lipinski definition) is 2. The van der Waals surface area contributed by atoms with Crippen LogP contribution in [0.25, 0.3) is 6.08 Å². The number of benzene rings is 2. The second kappa shape index (κ2) is 21.6. The second-order valence-corrected chi connectivity index (χ2v) is 15.0. The van der Waals surface area contributed by atoms with Gasteiger partial charge in [0.2, 0.25) is 0 Å². The highest BCUT2D eigenvalue weighted by Crippen LogP contribution is 2.44. The van der Waals surface area contributed by atoms with Crippen molar-refractivity contribution in [3.8, 4) is 5.75 Å².